The van der Waals surface area contributed by atoms with Crippen LogP contribution in [0.4, 0.5) is 0 Å². The molecule has 0 saturated heterocycles. The fraction of sp³-hybridized carbons (Fsp3) is 0.538. The molecule has 0 amide bonds. The van der Waals surface area contributed by atoms with Gasteiger partial charge in [0.2, 0.25) is 0 Å². The molecule has 0 heterocycles. The van der Waals surface area contributed by atoms with E-state index in [2.05, 4.69) is 26.0 Å². The number of hydrogen-bond acceptors (Lipinski definition) is 2. The van der Waals surface area contributed by atoms with Gasteiger partial charge >= 0.3 is 0 Å². The van der Waals surface area contributed by atoms with Crippen LogP contribution in [0.3, 0.4) is 0 Å². The van der Waals surface area contributed by atoms with E-state index in [1.807, 2.05) is 12.1 Å². The molecular weight excluding hydrogens is 188 g/mol. The molecule has 2 nitrogen and oxygen atoms in total. The van der Waals surface area contributed by atoms with Gasteiger partial charge in [-0.2, -0.15) is 0 Å². The highest BCUT2D eigenvalue weighted by Gasteiger charge is 2.05. The van der Waals surface area contributed by atoms with Gasteiger partial charge in [-0.25, -0.2) is 0 Å². The van der Waals surface area contributed by atoms with Gasteiger partial charge in [0.05, 0.1) is 6.61 Å². The number of para-hydroxylation sites is 1. The Morgan fingerprint density at radius 1 is 1.13 bits per heavy atom. The SMILES string of the molecule is COCCCOc1ccccc1C(C)C. The van der Waals surface area contributed by atoms with Crippen molar-refractivity contribution in [2.45, 2.75) is 26.2 Å². The molecule has 0 saturated carbocycles. The Kier molecular flexibility index (Phi) is 5.19. The number of methoxy groups -OCH3 is 1. The minimum absolute atomic E-state index is 0.503. The lowest BCUT2D eigenvalue weighted by atomic mass is 10.0. The summed E-state index contributed by atoms with van der Waals surface area (Å²) < 4.78 is 10.7. The molecule has 2 heteroatoms. The third-order valence-corrected chi connectivity index (χ3v) is 2.29. The maximum absolute atomic E-state index is 5.72. The normalized spacial score (nSPS) is 10.7. The summed E-state index contributed by atoms with van der Waals surface area (Å²) in [6.45, 7) is 5.83. The maximum atomic E-state index is 5.72. The standard InChI is InChI=1S/C13H20O2/c1-11(2)12-7-4-5-8-13(12)15-10-6-9-14-3/h4-5,7-8,11H,6,9-10H2,1-3H3. The zero-order chi connectivity index (χ0) is 11.1. The topological polar surface area (TPSA) is 18.5 Å². The predicted molar refractivity (Wildman–Crippen MR) is 62.5 cm³/mol. The largest absolute Gasteiger partial charge is 0.493 e. The molecule has 0 atom stereocenters. The van der Waals surface area contributed by atoms with Gasteiger partial charge in [0.25, 0.3) is 0 Å². The first-order valence-corrected chi connectivity index (χ1v) is 5.46. The molecule has 84 valence electrons. The van der Waals surface area contributed by atoms with Gasteiger partial charge in [0.15, 0.2) is 0 Å². The minimum Gasteiger partial charge on any atom is -0.493 e. The van der Waals surface area contributed by atoms with Gasteiger partial charge in [0.1, 0.15) is 5.75 Å². The van der Waals surface area contributed by atoms with Crippen LogP contribution in [-0.2, 0) is 4.74 Å². The molecule has 0 spiro atoms. The zero-order valence-corrected chi connectivity index (χ0v) is 9.82. The van der Waals surface area contributed by atoms with E-state index in [-0.39, 0.29) is 0 Å². The fourth-order valence-electron chi connectivity index (χ4n) is 1.47. The molecule has 1 aromatic carbocycles. The third kappa shape index (κ3) is 3.92. The molecule has 0 bridgehead atoms. The second-order valence-electron chi connectivity index (χ2n) is 3.89. The van der Waals surface area contributed by atoms with Gasteiger partial charge in [-0.1, -0.05) is 32.0 Å². The summed E-state index contributed by atoms with van der Waals surface area (Å²) in [5, 5.41) is 0. The Morgan fingerprint density at radius 3 is 2.53 bits per heavy atom. The molecule has 0 unspecified atom stereocenters. The average molecular weight is 208 g/mol. The van der Waals surface area contributed by atoms with Gasteiger partial charge in [-0.05, 0) is 17.5 Å². The van der Waals surface area contributed by atoms with Crippen molar-refractivity contribution in [2.75, 3.05) is 20.3 Å². The molecule has 0 fully saturated rings. The molecule has 0 aliphatic heterocycles. The summed E-state index contributed by atoms with van der Waals surface area (Å²) in [6.07, 6.45) is 0.933. The van der Waals surface area contributed by atoms with Crippen LogP contribution < -0.4 is 4.74 Å². The van der Waals surface area contributed by atoms with Crippen LogP contribution in [-0.4, -0.2) is 20.3 Å². The van der Waals surface area contributed by atoms with Crippen molar-refractivity contribution in [1.29, 1.82) is 0 Å². The average Bonchev–Trinajstić information content (AvgIpc) is 2.25. The summed E-state index contributed by atoms with van der Waals surface area (Å²) in [6, 6.07) is 8.22. The molecule has 0 aliphatic rings. The molecule has 1 rings (SSSR count). The van der Waals surface area contributed by atoms with E-state index in [0.717, 1.165) is 25.4 Å². The molecule has 0 aliphatic carbocycles. The van der Waals surface area contributed by atoms with Gasteiger partial charge in [-0.15, -0.1) is 0 Å². The van der Waals surface area contributed by atoms with Gasteiger partial charge in [-0.3, -0.25) is 0 Å². The predicted octanol–water partition coefficient (Wildman–Crippen LogP) is 3.23. The Hall–Kier alpha value is -1.02. The van der Waals surface area contributed by atoms with E-state index in [1.54, 1.807) is 7.11 Å². The lowest BCUT2D eigenvalue weighted by molar-refractivity contribution is 0.171. The number of rotatable bonds is 6. The van der Waals surface area contributed by atoms with Crippen molar-refractivity contribution >= 4 is 0 Å². The van der Waals surface area contributed by atoms with Crippen molar-refractivity contribution in [2.24, 2.45) is 0 Å². The van der Waals surface area contributed by atoms with Crippen molar-refractivity contribution in [3.05, 3.63) is 29.8 Å². The van der Waals surface area contributed by atoms with E-state index in [9.17, 15) is 0 Å². The van der Waals surface area contributed by atoms with E-state index in [1.165, 1.54) is 5.56 Å². The number of benzene rings is 1. The Morgan fingerprint density at radius 2 is 1.87 bits per heavy atom. The summed E-state index contributed by atoms with van der Waals surface area (Å²) >= 11 is 0. The van der Waals surface area contributed by atoms with E-state index < -0.39 is 0 Å². The highest BCUT2D eigenvalue weighted by molar-refractivity contribution is 5.35. The monoisotopic (exact) mass is 208 g/mol. The smallest absolute Gasteiger partial charge is 0.122 e. The summed E-state index contributed by atoms with van der Waals surface area (Å²) in [5.74, 6) is 1.51. The van der Waals surface area contributed by atoms with Crippen LogP contribution >= 0.6 is 0 Å². The fourth-order valence-corrected chi connectivity index (χ4v) is 1.47. The minimum atomic E-state index is 0.503. The molecule has 15 heavy (non-hydrogen) atoms. The van der Waals surface area contributed by atoms with E-state index in [0.29, 0.717) is 5.92 Å². The molecular formula is C13H20O2. The molecule has 0 radical (unpaired) electrons. The lowest BCUT2D eigenvalue weighted by Gasteiger charge is -2.13. The molecule has 1 aromatic rings. The second kappa shape index (κ2) is 6.46. The first-order valence-electron chi connectivity index (χ1n) is 5.46. The van der Waals surface area contributed by atoms with Crippen LogP contribution in [0.2, 0.25) is 0 Å². The van der Waals surface area contributed by atoms with Crippen LogP contribution in [0.15, 0.2) is 24.3 Å². The summed E-state index contributed by atoms with van der Waals surface area (Å²) in [7, 11) is 1.71. The highest BCUT2D eigenvalue weighted by atomic mass is 16.5. The van der Waals surface area contributed by atoms with Crippen LogP contribution in [0, 0.1) is 0 Å². The summed E-state index contributed by atoms with van der Waals surface area (Å²) in [4.78, 5) is 0. The number of ether oxygens (including phenoxy) is 2. The van der Waals surface area contributed by atoms with E-state index >= 15 is 0 Å². The van der Waals surface area contributed by atoms with Crippen molar-refractivity contribution < 1.29 is 9.47 Å². The van der Waals surface area contributed by atoms with Crippen molar-refractivity contribution in [3.63, 3.8) is 0 Å². The van der Waals surface area contributed by atoms with E-state index in [4.69, 9.17) is 9.47 Å². The Balaban J connectivity index is 2.52. The lowest BCUT2D eigenvalue weighted by Crippen LogP contribution is -2.03. The quantitative estimate of drug-likeness (QED) is 0.668. The van der Waals surface area contributed by atoms with Crippen molar-refractivity contribution in [3.8, 4) is 5.75 Å². The zero-order valence-electron chi connectivity index (χ0n) is 9.82. The highest BCUT2D eigenvalue weighted by Crippen LogP contribution is 2.25. The Bertz CT molecular complexity index is 282. The molecule has 0 N–H and O–H groups in total. The first-order chi connectivity index (χ1) is 7.25. The van der Waals surface area contributed by atoms with Crippen molar-refractivity contribution in [1.82, 2.24) is 0 Å². The van der Waals surface area contributed by atoms with Gasteiger partial charge < -0.3 is 9.47 Å². The second-order valence-corrected chi connectivity index (χ2v) is 3.89. The van der Waals surface area contributed by atoms with Crippen LogP contribution in [0.25, 0.3) is 0 Å². The van der Waals surface area contributed by atoms with Crippen LogP contribution in [0.5, 0.6) is 5.75 Å². The first kappa shape index (κ1) is 12.1. The summed E-state index contributed by atoms with van der Waals surface area (Å²) in [5.41, 5.74) is 1.27. The Labute approximate surface area is 92.2 Å². The maximum Gasteiger partial charge on any atom is 0.122 e. The third-order valence-electron chi connectivity index (χ3n) is 2.29. The number of hydrogen-bond donors (Lipinski definition) is 0. The van der Waals surface area contributed by atoms with Gasteiger partial charge in [0, 0.05) is 20.1 Å². The van der Waals surface area contributed by atoms with Crippen LogP contribution in [0.1, 0.15) is 31.7 Å². The molecule has 0 aromatic heterocycles.